The molecule has 1 fully saturated rings. The number of aryl methyl sites for hydroxylation is 2. The number of benzene rings is 3. The van der Waals surface area contributed by atoms with Crippen molar-refractivity contribution in [3.05, 3.63) is 89.0 Å². The number of nitrogens with zero attached hydrogens (tertiary/aromatic N) is 1. The third kappa shape index (κ3) is 6.31. The third-order valence-electron chi connectivity index (χ3n) is 8.42. The number of ether oxygens (including phenoxy) is 1. The molecule has 2 aliphatic rings. The van der Waals surface area contributed by atoms with Crippen LogP contribution in [0.3, 0.4) is 0 Å². The Morgan fingerprint density at radius 1 is 0.892 bits per heavy atom. The van der Waals surface area contributed by atoms with Crippen molar-refractivity contribution in [3.8, 4) is 11.1 Å². The summed E-state index contributed by atoms with van der Waals surface area (Å²) >= 11 is 0. The summed E-state index contributed by atoms with van der Waals surface area (Å²) in [5.74, 6) is 0.137. The number of hydrogen-bond donors (Lipinski definition) is 1. The van der Waals surface area contributed by atoms with Crippen LogP contribution in [-0.2, 0) is 28.9 Å². The lowest BCUT2D eigenvalue weighted by molar-refractivity contribution is -0.929. The van der Waals surface area contributed by atoms with Crippen molar-refractivity contribution in [2.24, 2.45) is 5.92 Å². The zero-order valence-corrected chi connectivity index (χ0v) is 22.6. The lowest BCUT2D eigenvalue weighted by atomic mass is 9.93. The van der Waals surface area contributed by atoms with Gasteiger partial charge in [0.2, 0.25) is 5.91 Å². The summed E-state index contributed by atoms with van der Waals surface area (Å²) in [6.07, 6.45) is 6.07. The van der Waals surface area contributed by atoms with Crippen molar-refractivity contribution in [2.75, 3.05) is 32.6 Å². The lowest BCUT2D eigenvalue weighted by Gasteiger charge is -2.40. The Hall–Kier alpha value is -2.95. The van der Waals surface area contributed by atoms with Gasteiger partial charge in [-0.25, -0.2) is 0 Å². The Morgan fingerprint density at radius 3 is 2.32 bits per heavy atom. The van der Waals surface area contributed by atoms with Crippen molar-refractivity contribution in [2.45, 2.75) is 58.0 Å². The first-order valence-electron chi connectivity index (χ1n) is 13.9. The maximum absolute atomic E-state index is 13.3. The zero-order chi connectivity index (χ0) is 25.8. The van der Waals surface area contributed by atoms with E-state index >= 15 is 0 Å². The van der Waals surface area contributed by atoms with Crippen LogP contribution in [0.15, 0.2) is 66.7 Å². The molecule has 5 rings (SSSR count). The van der Waals surface area contributed by atoms with Crippen molar-refractivity contribution in [1.29, 1.82) is 0 Å². The minimum Gasteiger partial charge on any atom is -0.381 e. The van der Waals surface area contributed by atoms with Crippen molar-refractivity contribution >= 4 is 11.6 Å². The normalized spacial score (nSPS) is 18.6. The highest BCUT2D eigenvalue weighted by molar-refractivity contribution is 5.92. The summed E-state index contributed by atoms with van der Waals surface area (Å²) in [5, 5.41) is 3.22. The highest BCUT2D eigenvalue weighted by atomic mass is 16.5. The van der Waals surface area contributed by atoms with Gasteiger partial charge in [0.25, 0.3) is 0 Å². The van der Waals surface area contributed by atoms with E-state index < -0.39 is 0 Å². The number of anilines is 1. The molecule has 0 bridgehead atoms. The van der Waals surface area contributed by atoms with Crippen LogP contribution in [-0.4, -0.2) is 43.7 Å². The number of amides is 1. The second kappa shape index (κ2) is 11.2. The number of hydrogen-bond acceptors (Lipinski definition) is 2. The summed E-state index contributed by atoms with van der Waals surface area (Å²) in [6.45, 7) is 4.85. The molecule has 1 heterocycles. The van der Waals surface area contributed by atoms with Gasteiger partial charge >= 0.3 is 0 Å². The molecule has 1 saturated heterocycles. The smallest absolute Gasteiger partial charge is 0.227 e. The first-order valence-corrected chi connectivity index (χ1v) is 13.9. The van der Waals surface area contributed by atoms with Gasteiger partial charge in [-0.15, -0.1) is 0 Å². The molecule has 3 aromatic carbocycles. The summed E-state index contributed by atoms with van der Waals surface area (Å²) in [6, 6.07) is 24.6. The highest BCUT2D eigenvalue weighted by Gasteiger charge is 2.30. The molecule has 4 nitrogen and oxygen atoms in total. The predicted molar refractivity (Wildman–Crippen MR) is 151 cm³/mol. The first kappa shape index (κ1) is 25.7. The van der Waals surface area contributed by atoms with Gasteiger partial charge in [-0.2, -0.15) is 0 Å². The summed E-state index contributed by atoms with van der Waals surface area (Å²) in [7, 11) is 4.64. The van der Waals surface area contributed by atoms with Gasteiger partial charge in [0.15, 0.2) is 0 Å². The maximum atomic E-state index is 13.3. The molecule has 1 aliphatic heterocycles. The standard InChI is InChI=1S/C33H40N2O2/c1-24-7-11-27(12-8-24)28-14-13-26-5-4-6-29(22-30(26)21-28)33(36)34-31-15-9-25(10-16-31)23-35(2,3)32-17-19-37-20-18-32/h7-16,21,29,32H,4-6,17-20,22-23H2,1-3H3/p+1. The number of fused-ring (bicyclic) bond motifs is 1. The van der Waals surface area contributed by atoms with Gasteiger partial charge in [0.05, 0.1) is 33.4 Å². The number of quaternary nitrogens is 1. The van der Waals surface area contributed by atoms with Crippen LogP contribution in [0.25, 0.3) is 11.1 Å². The van der Waals surface area contributed by atoms with E-state index in [-0.39, 0.29) is 11.8 Å². The molecule has 0 spiro atoms. The minimum atomic E-state index is -0.00156. The topological polar surface area (TPSA) is 38.3 Å². The summed E-state index contributed by atoms with van der Waals surface area (Å²) < 4.78 is 6.53. The van der Waals surface area contributed by atoms with Gasteiger partial charge in [-0.1, -0.05) is 60.2 Å². The fourth-order valence-electron chi connectivity index (χ4n) is 6.04. The molecular formula is C33H41N2O2+. The SMILES string of the molecule is Cc1ccc(-c2ccc3c(c2)CC(C(=O)Nc2ccc(C[N+](C)(C)C4CCOCC4)cc2)CCC3)cc1. The third-order valence-corrected chi connectivity index (χ3v) is 8.42. The average Bonchev–Trinajstić information content (AvgIpc) is 3.13. The number of carbonyl (C=O) groups is 1. The van der Waals surface area contributed by atoms with E-state index in [2.05, 4.69) is 93.1 Å². The lowest BCUT2D eigenvalue weighted by Crippen LogP contribution is -2.50. The molecular weight excluding hydrogens is 456 g/mol. The number of nitrogens with one attached hydrogen (secondary N) is 1. The van der Waals surface area contributed by atoms with Crippen molar-refractivity contribution in [1.82, 2.24) is 0 Å². The summed E-state index contributed by atoms with van der Waals surface area (Å²) in [5.41, 5.74) is 8.64. The van der Waals surface area contributed by atoms with Crippen LogP contribution >= 0.6 is 0 Å². The predicted octanol–water partition coefficient (Wildman–Crippen LogP) is 6.55. The maximum Gasteiger partial charge on any atom is 0.227 e. The van der Waals surface area contributed by atoms with Crippen LogP contribution in [0.5, 0.6) is 0 Å². The number of rotatable bonds is 6. The summed E-state index contributed by atoms with van der Waals surface area (Å²) in [4.78, 5) is 13.3. The van der Waals surface area contributed by atoms with Crippen molar-refractivity contribution < 1.29 is 14.0 Å². The highest BCUT2D eigenvalue weighted by Crippen LogP contribution is 2.30. The first-order chi connectivity index (χ1) is 17.9. The van der Waals surface area contributed by atoms with Crippen LogP contribution in [0, 0.1) is 12.8 Å². The van der Waals surface area contributed by atoms with Gasteiger partial charge in [0, 0.05) is 30.0 Å². The molecule has 1 aliphatic carbocycles. The van der Waals surface area contributed by atoms with E-state index in [0.717, 1.165) is 68.5 Å². The van der Waals surface area contributed by atoms with Gasteiger partial charge in [0.1, 0.15) is 6.54 Å². The van der Waals surface area contributed by atoms with Gasteiger partial charge in [-0.05, 0) is 67.0 Å². The van der Waals surface area contributed by atoms with Gasteiger partial charge < -0.3 is 14.5 Å². The van der Waals surface area contributed by atoms with Crippen LogP contribution in [0.4, 0.5) is 5.69 Å². The van der Waals surface area contributed by atoms with Crippen LogP contribution in [0.1, 0.15) is 47.9 Å². The molecule has 1 unspecified atom stereocenters. The fraction of sp³-hybridized carbons (Fsp3) is 0.424. The van der Waals surface area contributed by atoms with Crippen LogP contribution in [0.2, 0.25) is 0 Å². The molecule has 1 amide bonds. The Morgan fingerprint density at radius 2 is 1.59 bits per heavy atom. The Bertz CT molecular complexity index is 1210. The van der Waals surface area contributed by atoms with Gasteiger partial charge in [-0.3, -0.25) is 4.79 Å². The van der Waals surface area contributed by atoms with Crippen LogP contribution < -0.4 is 5.32 Å². The molecule has 1 N–H and O–H groups in total. The second-order valence-electron chi connectivity index (χ2n) is 11.6. The molecule has 0 aromatic heterocycles. The van der Waals surface area contributed by atoms with E-state index in [9.17, 15) is 4.79 Å². The number of carbonyl (C=O) groups excluding carboxylic acids is 1. The van der Waals surface area contributed by atoms with E-state index in [0.29, 0.717) is 6.04 Å². The van der Waals surface area contributed by atoms with E-state index in [1.807, 2.05) is 0 Å². The molecule has 37 heavy (non-hydrogen) atoms. The molecule has 0 saturated carbocycles. The quantitative estimate of drug-likeness (QED) is 0.310. The van der Waals surface area contributed by atoms with E-state index in [1.54, 1.807) is 0 Å². The van der Waals surface area contributed by atoms with E-state index in [1.165, 1.54) is 33.4 Å². The molecule has 194 valence electrons. The molecule has 0 radical (unpaired) electrons. The zero-order valence-electron chi connectivity index (χ0n) is 22.6. The Balaban J connectivity index is 1.23. The Kier molecular flexibility index (Phi) is 7.78. The van der Waals surface area contributed by atoms with Crippen molar-refractivity contribution in [3.63, 3.8) is 0 Å². The fourth-order valence-corrected chi connectivity index (χ4v) is 6.04. The average molecular weight is 498 g/mol. The molecule has 4 heteroatoms. The Labute approximate surface area is 222 Å². The van der Waals surface area contributed by atoms with E-state index in [4.69, 9.17) is 4.74 Å². The minimum absolute atomic E-state index is 0.00156. The molecule has 1 atom stereocenters. The largest absolute Gasteiger partial charge is 0.381 e. The molecule has 3 aromatic rings. The second-order valence-corrected chi connectivity index (χ2v) is 11.6. The monoisotopic (exact) mass is 497 g/mol.